The number of carbonyl (C=O) groups is 2. The van der Waals surface area contributed by atoms with Crippen molar-refractivity contribution in [3.05, 3.63) is 111 Å². The molecule has 11 nitrogen and oxygen atoms in total. The third-order valence-electron chi connectivity index (χ3n) is 12.0. The normalized spacial score (nSPS) is 22.6. The summed E-state index contributed by atoms with van der Waals surface area (Å²) < 4.78 is 21.4. The first kappa shape index (κ1) is 33.4. The average Bonchev–Trinajstić information content (AvgIpc) is 3.99. The van der Waals surface area contributed by atoms with Crippen LogP contribution in [0.5, 0.6) is 5.75 Å². The van der Waals surface area contributed by atoms with Gasteiger partial charge in [0.1, 0.15) is 28.8 Å². The van der Waals surface area contributed by atoms with Crippen LogP contribution in [0.3, 0.4) is 0 Å². The van der Waals surface area contributed by atoms with Gasteiger partial charge in [-0.05, 0) is 65.6 Å². The molecule has 54 heavy (non-hydrogen) atoms. The highest BCUT2D eigenvalue weighted by atomic mass is 79.9. The van der Waals surface area contributed by atoms with Gasteiger partial charge in [-0.1, -0.05) is 80.0 Å². The molecule has 4 N–H and O–H groups in total. The summed E-state index contributed by atoms with van der Waals surface area (Å²) in [7, 11) is 0. The van der Waals surface area contributed by atoms with Gasteiger partial charge >= 0.3 is 0 Å². The summed E-state index contributed by atoms with van der Waals surface area (Å²) in [6.45, 7) is 7.46. The Labute approximate surface area is 319 Å². The van der Waals surface area contributed by atoms with Crippen LogP contribution < -0.4 is 20.7 Å². The van der Waals surface area contributed by atoms with Crippen LogP contribution in [0, 0.1) is 5.92 Å². The zero-order valence-corrected chi connectivity index (χ0v) is 31.8. The third-order valence-corrected chi connectivity index (χ3v) is 12.5. The van der Waals surface area contributed by atoms with Gasteiger partial charge in [-0.2, -0.15) is 0 Å². The van der Waals surface area contributed by atoms with Gasteiger partial charge in [0.25, 0.3) is 5.91 Å². The van der Waals surface area contributed by atoms with E-state index >= 15 is 0 Å². The number of rotatable bonds is 5. The van der Waals surface area contributed by atoms with E-state index in [4.69, 9.17) is 23.5 Å². The number of nitrogens with one attached hydrogen (secondary N) is 3. The lowest BCUT2D eigenvalue weighted by Gasteiger charge is -2.30. The number of fused-ring (bicyclic) bond motifs is 7. The molecular weight excluding hydrogens is 750 g/mol. The van der Waals surface area contributed by atoms with E-state index < -0.39 is 41.1 Å². The molecule has 0 fully saturated rings. The number of anilines is 1. The second kappa shape index (κ2) is 11.6. The molecule has 1 aliphatic carbocycles. The molecule has 2 aromatic heterocycles. The molecule has 2 unspecified atom stereocenters. The summed E-state index contributed by atoms with van der Waals surface area (Å²) in [5.41, 5.74) is 6.45. The Morgan fingerprint density at radius 2 is 1.93 bits per heavy atom. The van der Waals surface area contributed by atoms with E-state index in [2.05, 4.69) is 68.3 Å². The summed E-state index contributed by atoms with van der Waals surface area (Å²) in [5, 5.41) is 21.0. The predicted molar refractivity (Wildman–Crippen MR) is 204 cm³/mol. The van der Waals surface area contributed by atoms with Crippen molar-refractivity contribution in [2.24, 2.45) is 5.92 Å². The first-order valence-corrected chi connectivity index (χ1v) is 19.4. The highest BCUT2D eigenvalue weighted by Gasteiger charge is 2.62. The molecule has 12 heteroatoms. The molecule has 4 atom stereocenters. The second-order valence-electron chi connectivity index (χ2n) is 15.3. The van der Waals surface area contributed by atoms with E-state index in [1.54, 1.807) is 20.0 Å². The lowest BCUT2D eigenvalue weighted by atomic mass is 9.72. The van der Waals surface area contributed by atoms with Gasteiger partial charge in [0.15, 0.2) is 23.4 Å². The highest BCUT2D eigenvalue weighted by Crippen LogP contribution is 2.62. The maximum Gasteiger partial charge on any atom is 0.252 e. The van der Waals surface area contributed by atoms with Crippen LogP contribution >= 0.6 is 15.9 Å². The number of hydrogen-bond acceptors (Lipinski definition) is 9. The van der Waals surface area contributed by atoms with Gasteiger partial charge < -0.3 is 34.6 Å². The fourth-order valence-corrected chi connectivity index (χ4v) is 9.45. The minimum Gasteiger partial charge on any atom is -0.469 e. The fourth-order valence-electron chi connectivity index (χ4n) is 8.99. The molecule has 2 amide bonds. The fraction of sp³-hybridized carbons (Fsp3) is 0.333. The van der Waals surface area contributed by atoms with E-state index in [0.717, 1.165) is 55.5 Å². The molecular formula is C42H38BrN5O6. The molecule has 6 heterocycles. The first-order chi connectivity index (χ1) is 26.0. The van der Waals surface area contributed by atoms with Gasteiger partial charge in [0.05, 0.1) is 6.20 Å². The van der Waals surface area contributed by atoms with Crippen molar-refractivity contribution in [1.29, 1.82) is 0 Å². The number of nitrogens with zero attached hydrogens (tertiary/aromatic N) is 2. The molecule has 4 aliphatic heterocycles. The van der Waals surface area contributed by atoms with Gasteiger partial charge in [0.2, 0.25) is 17.7 Å². The van der Waals surface area contributed by atoms with Gasteiger partial charge in [-0.25, -0.2) is 9.97 Å². The standard InChI is InChI=1S/C42H38BrN5O6/c1-5-41(51,6-2)39(50)45-28-15-20-10-13-29-26(14-20)42-27-17-22(43)16-25(33(27)48-40(42)53-29)23-9-7-8-21-11-12-24(31(21)23)30-18-44-37(52-30)34-35(42)54-38(47-34)32(19(3)4)46-36(28)49/h7-10,12-14,16-19,28,32,40,48,51H,5-6,11,15H2,1-4H3,(H,45,50)(H,46,49)/t28?,32-,40-,42?/m0/s1. The topological polar surface area (TPSA) is 152 Å². The van der Waals surface area contributed by atoms with E-state index in [-0.39, 0.29) is 37.0 Å². The van der Waals surface area contributed by atoms with E-state index in [0.29, 0.717) is 23.0 Å². The SMILES string of the molecule is CCC(O)(CC)C(=O)NC1Cc2ccc3c(c2)C24c5cc(Br)cc(c5N[C@H]2O3)-c2cccc3c2C(=CC3)c2cnc(o2)-c2nc(oc24)[C@H](C(C)C)NC1=O. The minimum absolute atomic E-state index is 0.164. The summed E-state index contributed by atoms with van der Waals surface area (Å²) in [6.07, 6.45) is 4.61. The largest absolute Gasteiger partial charge is 0.469 e. The molecule has 5 aromatic rings. The smallest absolute Gasteiger partial charge is 0.252 e. The van der Waals surface area contributed by atoms with Crippen molar-refractivity contribution >= 4 is 39.0 Å². The molecule has 274 valence electrons. The Morgan fingerprint density at radius 1 is 1.09 bits per heavy atom. The Morgan fingerprint density at radius 3 is 2.72 bits per heavy atom. The van der Waals surface area contributed by atoms with Crippen LogP contribution in [-0.4, -0.2) is 44.8 Å². The van der Waals surface area contributed by atoms with Gasteiger partial charge in [-0.15, -0.1) is 0 Å². The van der Waals surface area contributed by atoms with Crippen LogP contribution in [0.25, 0.3) is 28.3 Å². The number of allylic oxidation sites excluding steroid dienone is 1. The van der Waals surface area contributed by atoms with Crippen LogP contribution in [0.15, 0.2) is 74.1 Å². The van der Waals surface area contributed by atoms with Crippen LogP contribution in [0.1, 0.15) is 91.8 Å². The number of aromatic nitrogens is 2. The predicted octanol–water partition coefficient (Wildman–Crippen LogP) is 6.94. The molecule has 0 saturated carbocycles. The quantitative estimate of drug-likeness (QED) is 0.148. The second-order valence-corrected chi connectivity index (χ2v) is 16.2. The number of hydrogen-bond donors (Lipinski definition) is 4. The highest BCUT2D eigenvalue weighted by molar-refractivity contribution is 9.10. The Bertz CT molecular complexity index is 2480. The Kier molecular flexibility index (Phi) is 7.20. The monoisotopic (exact) mass is 787 g/mol. The Balaban J connectivity index is 1.28. The molecule has 10 bridgehead atoms. The number of oxazole rings is 2. The third kappa shape index (κ3) is 4.49. The number of amides is 2. The number of benzene rings is 3. The van der Waals surface area contributed by atoms with Crippen molar-refractivity contribution in [1.82, 2.24) is 20.6 Å². The number of aliphatic hydroxyl groups is 1. The van der Waals surface area contributed by atoms with Crippen molar-refractivity contribution in [2.45, 2.75) is 82.7 Å². The zero-order chi connectivity index (χ0) is 37.3. The average molecular weight is 789 g/mol. The molecule has 0 radical (unpaired) electrons. The van der Waals surface area contributed by atoms with Crippen molar-refractivity contribution in [3.8, 4) is 28.5 Å². The number of ether oxygens (including phenoxy) is 1. The summed E-state index contributed by atoms with van der Waals surface area (Å²) in [6, 6.07) is 14.8. The van der Waals surface area contributed by atoms with E-state index in [9.17, 15) is 14.7 Å². The summed E-state index contributed by atoms with van der Waals surface area (Å²) in [4.78, 5) is 37.8. The van der Waals surface area contributed by atoms with Gasteiger partial charge in [0, 0.05) is 38.8 Å². The first-order valence-electron chi connectivity index (χ1n) is 18.6. The molecule has 1 spiro atoms. The zero-order valence-electron chi connectivity index (χ0n) is 30.2. The van der Waals surface area contributed by atoms with Crippen molar-refractivity contribution in [2.75, 3.05) is 5.32 Å². The lowest BCUT2D eigenvalue weighted by molar-refractivity contribution is -0.143. The van der Waals surface area contributed by atoms with Gasteiger partial charge in [-0.3, -0.25) is 9.59 Å². The molecule has 5 aliphatic rings. The number of carbonyl (C=O) groups excluding carboxylic acids is 2. The summed E-state index contributed by atoms with van der Waals surface area (Å²) >= 11 is 3.89. The van der Waals surface area contributed by atoms with Crippen LogP contribution in [0.4, 0.5) is 5.69 Å². The van der Waals surface area contributed by atoms with Crippen LogP contribution in [0.2, 0.25) is 0 Å². The van der Waals surface area contributed by atoms with Crippen molar-refractivity contribution in [3.63, 3.8) is 0 Å². The van der Waals surface area contributed by atoms with E-state index in [1.165, 1.54) is 5.56 Å². The minimum atomic E-state index is -1.62. The molecule has 10 rings (SSSR count). The van der Waals surface area contributed by atoms with Crippen LogP contribution in [-0.2, 0) is 27.8 Å². The number of halogens is 1. The molecule has 0 saturated heterocycles. The Hall–Kier alpha value is -5.20. The maximum atomic E-state index is 14.3. The lowest BCUT2D eigenvalue weighted by Crippen LogP contribution is -2.55. The van der Waals surface area contributed by atoms with E-state index in [1.807, 2.05) is 32.0 Å². The van der Waals surface area contributed by atoms with Crippen molar-refractivity contribution < 1.29 is 28.3 Å². The summed E-state index contributed by atoms with van der Waals surface area (Å²) in [5.74, 6) is 1.12. The maximum absolute atomic E-state index is 14.3. The molecule has 3 aromatic carbocycles.